The highest BCUT2D eigenvalue weighted by molar-refractivity contribution is 7.98. The second-order valence-corrected chi connectivity index (χ2v) is 11.3. The number of rotatable bonds is 6. The van der Waals surface area contributed by atoms with Crippen LogP contribution in [0, 0.1) is 20.8 Å². The minimum Gasteiger partial charge on any atom is -0.339 e. The summed E-state index contributed by atoms with van der Waals surface area (Å²) in [4.78, 5) is 16.1. The lowest BCUT2D eigenvalue weighted by Crippen LogP contribution is -2.32. The molecule has 1 aliphatic heterocycles. The van der Waals surface area contributed by atoms with Crippen molar-refractivity contribution in [3.63, 3.8) is 0 Å². The average Bonchev–Trinajstić information content (AvgIpc) is 3.04. The molecule has 174 valence electrons. The number of hydrogen-bond donors (Lipinski definition) is 1. The lowest BCUT2D eigenvalue weighted by Gasteiger charge is -2.22. The van der Waals surface area contributed by atoms with Gasteiger partial charge in [0.15, 0.2) is 0 Å². The van der Waals surface area contributed by atoms with E-state index in [1.54, 1.807) is 18.2 Å². The van der Waals surface area contributed by atoms with E-state index in [-0.39, 0.29) is 16.8 Å². The molecule has 2 aromatic carbocycles. The van der Waals surface area contributed by atoms with Crippen molar-refractivity contribution < 1.29 is 13.2 Å². The molecule has 1 saturated heterocycles. The molecule has 1 heterocycles. The maximum Gasteiger partial charge on any atom is 0.255 e. The summed E-state index contributed by atoms with van der Waals surface area (Å²) in [6.07, 6.45) is 6.16. The quantitative estimate of drug-likeness (QED) is 0.570. The van der Waals surface area contributed by atoms with Gasteiger partial charge in [0, 0.05) is 24.0 Å². The Balaban J connectivity index is 1.90. The summed E-state index contributed by atoms with van der Waals surface area (Å²) in [5, 5.41) is 0. The first-order valence-electron chi connectivity index (χ1n) is 11.2. The molecule has 2 aromatic rings. The third-order valence-electron chi connectivity index (χ3n) is 6.29. The van der Waals surface area contributed by atoms with E-state index in [1.807, 2.05) is 38.0 Å². The van der Waals surface area contributed by atoms with Crippen molar-refractivity contribution in [3.8, 4) is 0 Å². The Bertz CT molecular complexity index is 1090. The molecule has 1 unspecified atom stereocenters. The van der Waals surface area contributed by atoms with Crippen LogP contribution in [-0.2, 0) is 10.0 Å². The van der Waals surface area contributed by atoms with Crippen molar-refractivity contribution in [2.75, 3.05) is 19.3 Å². The van der Waals surface area contributed by atoms with Crippen molar-refractivity contribution in [2.24, 2.45) is 0 Å². The van der Waals surface area contributed by atoms with Crippen molar-refractivity contribution in [1.82, 2.24) is 9.62 Å². The van der Waals surface area contributed by atoms with Crippen LogP contribution in [-0.4, -0.2) is 38.6 Å². The number of sulfonamides is 1. The van der Waals surface area contributed by atoms with E-state index >= 15 is 0 Å². The summed E-state index contributed by atoms with van der Waals surface area (Å²) in [6, 6.07) is 8.62. The largest absolute Gasteiger partial charge is 0.339 e. The predicted molar refractivity (Wildman–Crippen MR) is 132 cm³/mol. The van der Waals surface area contributed by atoms with E-state index in [0.29, 0.717) is 5.56 Å². The molecular formula is C25H34N2O3S2. The van der Waals surface area contributed by atoms with Gasteiger partial charge in [-0.15, -0.1) is 11.8 Å². The van der Waals surface area contributed by atoms with E-state index in [4.69, 9.17) is 0 Å². The summed E-state index contributed by atoms with van der Waals surface area (Å²) < 4.78 is 29.3. The predicted octanol–water partition coefficient (Wildman–Crippen LogP) is 5.39. The molecule has 1 N–H and O–H groups in total. The second-order valence-electron chi connectivity index (χ2n) is 8.70. The molecule has 3 rings (SSSR count). The molecule has 0 radical (unpaired) electrons. The molecule has 1 fully saturated rings. The molecular weight excluding hydrogens is 440 g/mol. The van der Waals surface area contributed by atoms with Crippen LogP contribution < -0.4 is 4.72 Å². The monoisotopic (exact) mass is 474 g/mol. The van der Waals surface area contributed by atoms with Gasteiger partial charge in [0.1, 0.15) is 0 Å². The van der Waals surface area contributed by atoms with Gasteiger partial charge in [0.05, 0.1) is 10.5 Å². The first-order chi connectivity index (χ1) is 15.1. The van der Waals surface area contributed by atoms with Gasteiger partial charge in [-0.05, 0) is 87.2 Å². The number of carbonyl (C=O) groups excluding carboxylic acids is 1. The Morgan fingerprint density at radius 2 is 1.59 bits per heavy atom. The Morgan fingerprint density at radius 1 is 0.969 bits per heavy atom. The van der Waals surface area contributed by atoms with Crippen molar-refractivity contribution >= 4 is 27.7 Å². The summed E-state index contributed by atoms with van der Waals surface area (Å²) >= 11 is 1.47. The molecule has 1 aliphatic rings. The topological polar surface area (TPSA) is 66.5 Å². The number of nitrogens with one attached hydrogen (secondary N) is 1. The fourth-order valence-electron chi connectivity index (χ4n) is 4.28. The smallest absolute Gasteiger partial charge is 0.255 e. The normalized spacial score (nSPS) is 16.0. The van der Waals surface area contributed by atoms with Crippen LogP contribution in [0.15, 0.2) is 40.1 Å². The number of carbonyl (C=O) groups is 1. The summed E-state index contributed by atoms with van der Waals surface area (Å²) in [6.45, 7) is 9.39. The average molecular weight is 475 g/mol. The van der Waals surface area contributed by atoms with Crippen LogP contribution in [0.2, 0.25) is 0 Å². The first kappa shape index (κ1) is 24.8. The number of hydrogen-bond acceptors (Lipinski definition) is 4. The highest BCUT2D eigenvalue weighted by Gasteiger charge is 2.25. The maximum atomic E-state index is 13.3. The summed E-state index contributed by atoms with van der Waals surface area (Å²) in [7, 11) is -3.80. The van der Waals surface area contributed by atoms with Crippen LogP contribution in [0.3, 0.4) is 0 Å². The van der Waals surface area contributed by atoms with Crippen LogP contribution in [0.25, 0.3) is 0 Å². The highest BCUT2D eigenvalue weighted by Crippen LogP contribution is 2.28. The second kappa shape index (κ2) is 10.4. The fourth-order valence-corrected chi connectivity index (χ4v) is 6.10. The van der Waals surface area contributed by atoms with Gasteiger partial charge >= 0.3 is 0 Å². The van der Waals surface area contributed by atoms with Gasteiger partial charge < -0.3 is 4.90 Å². The molecule has 1 atom stereocenters. The SMILES string of the molecule is CSc1ccc(S(=O)(=O)NC(C)c2cc(C)c(C)cc2C)cc1C(=O)N1CCCCCC1. The zero-order valence-corrected chi connectivity index (χ0v) is 21.3. The van der Waals surface area contributed by atoms with E-state index in [1.165, 1.54) is 17.3 Å². The molecule has 7 heteroatoms. The third kappa shape index (κ3) is 5.56. The molecule has 5 nitrogen and oxygen atoms in total. The zero-order valence-electron chi connectivity index (χ0n) is 19.7. The van der Waals surface area contributed by atoms with Crippen molar-refractivity contribution in [1.29, 1.82) is 0 Å². The van der Waals surface area contributed by atoms with Gasteiger partial charge in [0.2, 0.25) is 10.0 Å². The van der Waals surface area contributed by atoms with Crippen LogP contribution in [0.1, 0.15) is 71.3 Å². The van der Waals surface area contributed by atoms with Crippen molar-refractivity contribution in [3.05, 3.63) is 58.1 Å². The van der Waals surface area contributed by atoms with E-state index in [2.05, 4.69) is 17.7 Å². The number of benzene rings is 2. The Kier molecular flexibility index (Phi) is 8.06. The Labute approximate surface area is 197 Å². The zero-order chi connectivity index (χ0) is 23.5. The number of amides is 1. The van der Waals surface area contributed by atoms with Crippen LogP contribution in [0.4, 0.5) is 0 Å². The van der Waals surface area contributed by atoms with Gasteiger partial charge in [-0.25, -0.2) is 13.1 Å². The number of nitrogens with zero attached hydrogens (tertiary/aromatic N) is 1. The van der Waals surface area contributed by atoms with E-state index < -0.39 is 10.0 Å². The number of thioether (sulfide) groups is 1. The molecule has 0 saturated carbocycles. The van der Waals surface area contributed by atoms with Gasteiger partial charge in [-0.3, -0.25) is 4.79 Å². The standard InChI is InChI=1S/C25H34N2O3S2/c1-17-14-19(3)22(15-18(17)2)20(4)26-32(29,30)21-10-11-24(31-5)23(16-21)25(28)27-12-8-6-7-9-13-27/h10-11,14-16,20,26H,6-9,12-13H2,1-5H3. The number of aryl methyl sites for hydroxylation is 3. The third-order valence-corrected chi connectivity index (χ3v) is 8.62. The lowest BCUT2D eigenvalue weighted by molar-refractivity contribution is 0.0758. The van der Waals surface area contributed by atoms with Crippen LogP contribution >= 0.6 is 11.8 Å². The fraction of sp³-hybridized carbons (Fsp3) is 0.480. The van der Waals surface area contributed by atoms with E-state index in [0.717, 1.165) is 60.4 Å². The van der Waals surface area contributed by atoms with Crippen LogP contribution in [0.5, 0.6) is 0 Å². The molecule has 0 aromatic heterocycles. The van der Waals surface area contributed by atoms with Crippen molar-refractivity contribution in [2.45, 2.75) is 69.2 Å². The summed E-state index contributed by atoms with van der Waals surface area (Å²) in [5.74, 6) is -0.0775. The summed E-state index contributed by atoms with van der Waals surface area (Å²) in [5.41, 5.74) is 4.80. The van der Waals surface area contributed by atoms with E-state index in [9.17, 15) is 13.2 Å². The minimum atomic E-state index is -3.80. The maximum absolute atomic E-state index is 13.3. The van der Waals surface area contributed by atoms with Gasteiger partial charge in [-0.2, -0.15) is 0 Å². The number of likely N-dealkylation sites (tertiary alicyclic amines) is 1. The molecule has 32 heavy (non-hydrogen) atoms. The Hall–Kier alpha value is -1.83. The minimum absolute atomic E-state index is 0.0775. The first-order valence-corrected chi connectivity index (χ1v) is 13.9. The van der Waals surface area contributed by atoms with Gasteiger partial charge in [0.25, 0.3) is 5.91 Å². The molecule has 0 aliphatic carbocycles. The molecule has 0 bridgehead atoms. The lowest BCUT2D eigenvalue weighted by atomic mass is 9.97. The highest BCUT2D eigenvalue weighted by atomic mass is 32.2. The Morgan fingerprint density at radius 3 is 2.22 bits per heavy atom. The van der Waals surface area contributed by atoms with Gasteiger partial charge in [-0.1, -0.05) is 25.0 Å². The molecule has 0 spiro atoms. The molecule has 1 amide bonds.